The minimum absolute atomic E-state index is 0.0539. The van der Waals surface area contributed by atoms with Gasteiger partial charge in [0.05, 0.1) is 11.4 Å². The van der Waals surface area contributed by atoms with Gasteiger partial charge in [-0.25, -0.2) is 0 Å². The van der Waals surface area contributed by atoms with E-state index in [0.29, 0.717) is 18.0 Å². The molecular formula is C25H20N2O2. The Labute approximate surface area is 168 Å². The third-order valence-electron chi connectivity index (χ3n) is 5.11. The fourth-order valence-corrected chi connectivity index (χ4v) is 3.58. The summed E-state index contributed by atoms with van der Waals surface area (Å²) in [6.07, 6.45) is 0. The monoisotopic (exact) mass is 380 g/mol. The summed E-state index contributed by atoms with van der Waals surface area (Å²) in [4.78, 5) is 19.4. The smallest absolute Gasteiger partial charge is 0.225 e. The molecular weight excluding hydrogens is 360 g/mol. The number of rotatable bonds is 5. The number of hydrogen-bond donors (Lipinski definition) is 2. The van der Waals surface area contributed by atoms with Crippen molar-refractivity contribution in [3.8, 4) is 5.75 Å². The molecule has 142 valence electrons. The second kappa shape index (κ2) is 6.99. The van der Waals surface area contributed by atoms with Gasteiger partial charge in [-0.2, -0.15) is 0 Å². The second-order valence-corrected chi connectivity index (χ2v) is 7.31. The molecule has 0 saturated heterocycles. The van der Waals surface area contributed by atoms with Crippen LogP contribution in [0.4, 0.5) is 0 Å². The van der Waals surface area contributed by atoms with E-state index in [9.17, 15) is 4.79 Å². The Morgan fingerprint density at radius 2 is 1.45 bits per heavy atom. The van der Waals surface area contributed by atoms with E-state index in [2.05, 4.69) is 16.0 Å². The predicted molar refractivity (Wildman–Crippen MR) is 116 cm³/mol. The molecule has 0 amide bonds. The number of benzene rings is 3. The zero-order valence-corrected chi connectivity index (χ0v) is 16.0. The number of aryl methyl sites for hydroxylation is 1. The summed E-state index contributed by atoms with van der Waals surface area (Å²) in [5.41, 5.74) is 5.30. The molecule has 2 N–H and O–H groups in total. The molecule has 0 fully saturated rings. The van der Waals surface area contributed by atoms with Gasteiger partial charge in [-0.15, -0.1) is 0 Å². The predicted octanol–water partition coefficient (Wildman–Crippen LogP) is 5.77. The van der Waals surface area contributed by atoms with Crippen molar-refractivity contribution in [3.05, 3.63) is 101 Å². The fraction of sp³-hybridized carbons (Fsp3) is 0.0800. The number of hydrogen-bond acceptors (Lipinski definition) is 2. The number of ether oxygens (including phenoxy) is 1. The molecule has 2 aromatic heterocycles. The molecule has 0 aliphatic heterocycles. The topological polar surface area (TPSA) is 57.9 Å². The Morgan fingerprint density at radius 3 is 2.17 bits per heavy atom. The van der Waals surface area contributed by atoms with Gasteiger partial charge in [-0.3, -0.25) is 4.79 Å². The van der Waals surface area contributed by atoms with Gasteiger partial charge in [0, 0.05) is 21.8 Å². The van der Waals surface area contributed by atoms with E-state index in [1.54, 1.807) is 0 Å². The van der Waals surface area contributed by atoms with Crippen molar-refractivity contribution in [2.45, 2.75) is 13.5 Å². The quantitative estimate of drug-likeness (QED) is 0.380. The van der Waals surface area contributed by atoms with Crippen LogP contribution < -0.4 is 4.74 Å². The number of aromatic nitrogens is 2. The van der Waals surface area contributed by atoms with Crippen molar-refractivity contribution in [2.24, 2.45) is 0 Å². The number of fused-ring (bicyclic) bond motifs is 2. The summed E-state index contributed by atoms with van der Waals surface area (Å²) < 4.78 is 5.90. The van der Waals surface area contributed by atoms with Crippen molar-refractivity contribution >= 4 is 27.6 Å². The summed E-state index contributed by atoms with van der Waals surface area (Å²) >= 11 is 0. The van der Waals surface area contributed by atoms with Crippen LogP contribution in [0.15, 0.2) is 78.9 Å². The van der Waals surface area contributed by atoms with Crippen molar-refractivity contribution < 1.29 is 9.53 Å². The molecule has 5 aromatic rings. The van der Waals surface area contributed by atoms with Gasteiger partial charge in [-0.1, -0.05) is 42.0 Å². The summed E-state index contributed by atoms with van der Waals surface area (Å²) in [7, 11) is 0. The van der Waals surface area contributed by atoms with Gasteiger partial charge >= 0.3 is 0 Å². The van der Waals surface area contributed by atoms with Crippen LogP contribution in [-0.2, 0) is 6.61 Å². The molecule has 0 saturated carbocycles. The van der Waals surface area contributed by atoms with Crippen molar-refractivity contribution in [2.75, 3.05) is 0 Å². The van der Waals surface area contributed by atoms with E-state index < -0.39 is 0 Å². The Bertz CT molecular complexity index is 1330. The van der Waals surface area contributed by atoms with Crippen LogP contribution in [0.5, 0.6) is 5.75 Å². The standard InChI is InChI=1S/C25H20N2O2/c1-16-7-9-21-18(11-16)13-23(26-21)25(28)24-14-19-12-20(8-10-22(19)27-24)29-15-17-5-3-2-4-6-17/h2-14,26-27H,15H2,1H3. The zero-order valence-electron chi connectivity index (χ0n) is 16.0. The third kappa shape index (κ3) is 3.41. The highest BCUT2D eigenvalue weighted by atomic mass is 16.5. The number of aromatic amines is 2. The fourth-order valence-electron chi connectivity index (χ4n) is 3.58. The Hall–Kier alpha value is -3.79. The molecule has 2 heterocycles. The van der Waals surface area contributed by atoms with Crippen LogP contribution in [0, 0.1) is 6.92 Å². The summed E-state index contributed by atoms with van der Waals surface area (Å²) in [6, 6.07) is 25.8. The summed E-state index contributed by atoms with van der Waals surface area (Å²) in [5, 5.41) is 1.99. The highest BCUT2D eigenvalue weighted by Gasteiger charge is 2.15. The molecule has 0 radical (unpaired) electrons. The molecule has 0 aliphatic rings. The minimum atomic E-state index is -0.0539. The maximum atomic E-state index is 13.0. The largest absolute Gasteiger partial charge is 0.489 e. The first-order chi connectivity index (χ1) is 14.2. The minimum Gasteiger partial charge on any atom is -0.489 e. The molecule has 4 heteroatoms. The maximum Gasteiger partial charge on any atom is 0.225 e. The lowest BCUT2D eigenvalue weighted by Crippen LogP contribution is -2.01. The van der Waals surface area contributed by atoms with Crippen LogP contribution >= 0.6 is 0 Å². The van der Waals surface area contributed by atoms with Crippen LogP contribution in [0.1, 0.15) is 27.3 Å². The first-order valence-corrected chi connectivity index (χ1v) is 9.59. The molecule has 4 nitrogen and oxygen atoms in total. The first-order valence-electron chi connectivity index (χ1n) is 9.59. The average molecular weight is 380 g/mol. The van der Waals surface area contributed by atoms with Crippen molar-refractivity contribution in [1.82, 2.24) is 9.97 Å². The Morgan fingerprint density at radius 1 is 0.793 bits per heavy atom. The molecule has 0 spiro atoms. The Kier molecular flexibility index (Phi) is 4.17. The van der Waals surface area contributed by atoms with Gasteiger partial charge in [0.25, 0.3) is 0 Å². The van der Waals surface area contributed by atoms with Crippen LogP contribution in [0.3, 0.4) is 0 Å². The van der Waals surface area contributed by atoms with Crippen LogP contribution in [0.2, 0.25) is 0 Å². The molecule has 0 unspecified atom stereocenters. The van der Waals surface area contributed by atoms with Gasteiger partial charge in [0.1, 0.15) is 12.4 Å². The van der Waals surface area contributed by atoms with E-state index in [1.807, 2.05) is 79.7 Å². The normalized spacial score (nSPS) is 11.2. The van der Waals surface area contributed by atoms with E-state index in [-0.39, 0.29) is 5.78 Å². The lowest BCUT2D eigenvalue weighted by molar-refractivity contribution is 0.103. The Balaban J connectivity index is 1.40. The zero-order chi connectivity index (χ0) is 19.8. The molecule has 29 heavy (non-hydrogen) atoms. The van der Waals surface area contributed by atoms with Crippen LogP contribution in [-0.4, -0.2) is 15.8 Å². The third-order valence-corrected chi connectivity index (χ3v) is 5.11. The second-order valence-electron chi connectivity index (χ2n) is 7.31. The lowest BCUT2D eigenvalue weighted by atomic mass is 10.1. The summed E-state index contributed by atoms with van der Waals surface area (Å²) in [6.45, 7) is 2.56. The number of carbonyl (C=O) groups excluding carboxylic acids is 1. The molecule has 5 rings (SSSR count). The maximum absolute atomic E-state index is 13.0. The van der Waals surface area contributed by atoms with Gasteiger partial charge in [0.2, 0.25) is 5.78 Å². The summed E-state index contributed by atoms with van der Waals surface area (Å²) in [5.74, 6) is 0.724. The van der Waals surface area contributed by atoms with Gasteiger partial charge in [0.15, 0.2) is 0 Å². The van der Waals surface area contributed by atoms with E-state index in [0.717, 1.165) is 33.1 Å². The number of carbonyl (C=O) groups is 1. The average Bonchev–Trinajstić information content (AvgIpc) is 3.35. The lowest BCUT2D eigenvalue weighted by Gasteiger charge is -2.06. The van der Waals surface area contributed by atoms with E-state index >= 15 is 0 Å². The van der Waals surface area contributed by atoms with Gasteiger partial charge < -0.3 is 14.7 Å². The molecule has 0 aliphatic carbocycles. The first kappa shape index (κ1) is 17.3. The van der Waals surface area contributed by atoms with Crippen molar-refractivity contribution in [1.29, 1.82) is 0 Å². The SMILES string of the molecule is Cc1ccc2[nH]c(C(=O)c3cc4cc(OCc5ccccc5)ccc4[nH]3)cc2c1. The van der Waals surface area contributed by atoms with Gasteiger partial charge in [-0.05, 0) is 55.0 Å². The number of nitrogens with one attached hydrogen (secondary N) is 2. The van der Waals surface area contributed by atoms with E-state index in [4.69, 9.17) is 4.74 Å². The highest BCUT2D eigenvalue weighted by Crippen LogP contribution is 2.25. The highest BCUT2D eigenvalue weighted by molar-refractivity contribution is 6.11. The molecule has 0 bridgehead atoms. The van der Waals surface area contributed by atoms with E-state index in [1.165, 1.54) is 5.56 Å². The molecule has 3 aromatic carbocycles. The van der Waals surface area contributed by atoms with Crippen LogP contribution in [0.25, 0.3) is 21.8 Å². The number of H-pyrrole nitrogens is 2. The number of ketones is 1. The van der Waals surface area contributed by atoms with Crippen molar-refractivity contribution in [3.63, 3.8) is 0 Å². The molecule has 0 atom stereocenters.